The van der Waals surface area contributed by atoms with Crippen molar-refractivity contribution < 1.29 is 14.7 Å². The SMILES string of the molecule is O=C(CCCc1ccc(Cl)c(Cl)c1)NCC1(C(=O)O)CC1. The van der Waals surface area contributed by atoms with Gasteiger partial charge in [-0.1, -0.05) is 29.3 Å². The lowest BCUT2D eigenvalue weighted by atomic mass is 10.1. The molecular weight excluding hydrogens is 313 g/mol. The Hall–Kier alpha value is -1.26. The van der Waals surface area contributed by atoms with Gasteiger partial charge in [0.2, 0.25) is 5.91 Å². The number of hydrogen-bond donors (Lipinski definition) is 2. The van der Waals surface area contributed by atoms with Crippen LogP contribution in [0.15, 0.2) is 18.2 Å². The van der Waals surface area contributed by atoms with Crippen LogP contribution in [0.25, 0.3) is 0 Å². The third kappa shape index (κ3) is 4.35. The Bertz CT molecular complexity index is 556. The largest absolute Gasteiger partial charge is 0.481 e. The first-order chi connectivity index (χ1) is 9.93. The van der Waals surface area contributed by atoms with Crippen LogP contribution in [0.5, 0.6) is 0 Å². The number of halogens is 2. The molecule has 0 bridgehead atoms. The van der Waals surface area contributed by atoms with Crippen LogP contribution in [0, 0.1) is 5.41 Å². The standard InChI is InChI=1S/C15H17Cl2NO3/c16-11-5-4-10(8-12(11)17)2-1-3-13(19)18-9-15(6-7-15)14(20)21/h4-5,8H,1-3,6-7,9H2,(H,18,19)(H,20,21). The molecule has 1 aliphatic rings. The molecule has 1 saturated carbocycles. The maximum atomic E-state index is 11.7. The molecule has 1 aromatic carbocycles. The van der Waals surface area contributed by atoms with Gasteiger partial charge in [-0.2, -0.15) is 0 Å². The number of carboxylic acids is 1. The molecule has 21 heavy (non-hydrogen) atoms. The maximum Gasteiger partial charge on any atom is 0.311 e. The van der Waals surface area contributed by atoms with Crippen molar-refractivity contribution in [2.24, 2.45) is 5.41 Å². The molecule has 0 atom stereocenters. The number of aryl methyl sites for hydroxylation is 1. The van der Waals surface area contributed by atoms with Crippen LogP contribution in [0.1, 0.15) is 31.2 Å². The first-order valence-corrected chi connectivity index (χ1v) is 7.63. The zero-order valence-electron chi connectivity index (χ0n) is 11.5. The fourth-order valence-electron chi connectivity index (χ4n) is 2.12. The predicted octanol–water partition coefficient (Wildman–Crippen LogP) is 3.30. The van der Waals surface area contributed by atoms with Crippen LogP contribution in [0.4, 0.5) is 0 Å². The highest BCUT2D eigenvalue weighted by Crippen LogP contribution is 2.45. The summed E-state index contributed by atoms with van der Waals surface area (Å²) < 4.78 is 0. The maximum absolute atomic E-state index is 11.7. The number of amides is 1. The number of carbonyl (C=O) groups is 2. The van der Waals surface area contributed by atoms with Crippen molar-refractivity contribution in [2.45, 2.75) is 32.1 Å². The monoisotopic (exact) mass is 329 g/mol. The summed E-state index contributed by atoms with van der Waals surface area (Å²) in [5.74, 6) is -0.929. The molecule has 2 rings (SSSR count). The van der Waals surface area contributed by atoms with Gasteiger partial charge in [0.15, 0.2) is 0 Å². The van der Waals surface area contributed by atoms with Crippen molar-refractivity contribution in [1.29, 1.82) is 0 Å². The van der Waals surface area contributed by atoms with E-state index >= 15 is 0 Å². The van der Waals surface area contributed by atoms with Crippen molar-refractivity contribution >= 4 is 35.1 Å². The van der Waals surface area contributed by atoms with Crippen LogP contribution in [-0.4, -0.2) is 23.5 Å². The smallest absolute Gasteiger partial charge is 0.311 e. The molecule has 114 valence electrons. The normalized spacial score (nSPS) is 15.5. The van der Waals surface area contributed by atoms with E-state index in [-0.39, 0.29) is 12.5 Å². The Morgan fingerprint density at radius 3 is 2.52 bits per heavy atom. The van der Waals surface area contributed by atoms with E-state index in [9.17, 15) is 9.59 Å². The van der Waals surface area contributed by atoms with Crippen molar-refractivity contribution in [1.82, 2.24) is 5.32 Å². The van der Waals surface area contributed by atoms with Crippen LogP contribution < -0.4 is 5.32 Å². The highest BCUT2D eigenvalue weighted by molar-refractivity contribution is 6.42. The fourth-order valence-corrected chi connectivity index (χ4v) is 2.44. The summed E-state index contributed by atoms with van der Waals surface area (Å²) in [7, 11) is 0. The van der Waals surface area contributed by atoms with Gasteiger partial charge in [0.25, 0.3) is 0 Å². The summed E-state index contributed by atoms with van der Waals surface area (Å²) in [4.78, 5) is 22.7. The molecule has 0 heterocycles. The molecule has 1 aromatic rings. The molecule has 1 amide bonds. The Morgan fingerprint density at radius 1 is 1.24 bits per heavy atom. The van der Waals surface area contributed by atoms with E-state index in [1.54, 1.807) is 12.1 Å². The number of carboxylic acid groups (broad SMARTS) is 1. The Balaban J connectivity index is 1.69. The molecule has 0 aliphatic heterocycles. The highest BCUT2D eigenvalue weighted by atomic mass is 35.5. The summed E-state index contributed by atoms with van der Waals surface area (Å²) in [5, 5.41) is 12.7. The molecule has 0 spiro atoms. The second-order valence-electron chi connectivity index (χ2n) is 5.46. The van der Waals surface area contributed by atoms with Crippen molar-refractivity contribution in [2.75, 3.05) is 6.54 Å². The topological polar surface area (TPSA) is 66.4 Å². The predicted molar refractivity (Wildman–Crippen MR) is 81.7 cm³/mol. The van der Waals surface area contributed by atoms with Crippen LogP contribution in [0.3, 0.4) is 0 Å². The van der Waals surface area contributed by atoms with Crippen molar-refractivity contribution in [3.05, 3.63) is 33.8 Å². The second kappa shape index (κ2) is 6.67. The summed E-state index contributed by atoms with van der Waals surface area (Å²) in [5.41, 5.74) is 0.320. The number of nitrogens with one attached hydrogen (secondary N) is 1. The van der Waals surface area contributed by atoms with Crippen molar-refractivity contribution in [3.8, 4) is 0 Å². The molecule has 0 unspecified atom stereocenters. The average molecular weight is 330 g/mol. The van der Waals surface area contributed by atoms with E-state index in [1.807, 2.05) is 6.07 Å². The van der Waals surface area contributed by atoms with Gasteiger partial charge in [0, 0.05) is 13.0 Å². The zero-order chi connectivity index (χ0) is 15.5. The molecule has 0 saturated heterocycles. The van der Waals surface area contributed by atoms with Gasteiger partial charge in [0.05, 0.1) is 15.5 Å². The molecule has 0 aromatic heterocycles. The van der Waals surface area contributed by atoms with Gasteiger partial charge < -0.3 is 10.4 Å². The van der Waals surface area contributed by atoms with E-state index in [2.05, 4.69) is 5.32 Å². The molecule has 1 aliphatic carbocycles. The molecule has 6 heteroatoms. The third-order valence-corrected chi connectivity index (χ3v) is 4.52. The van der Waals surface area contributed by atoms with Gasteiger partial charge in [-0.15, -0.1) is 0 Å². The van der Waals surface area contributed by atoms with Crippen molar-refractivity contribution in [3.63, 3.8) is 0 Å². The van der Waals surface area contributed by atoms with Gasteiger partial charge >= 0.3 is 5.97 Å². The molecule has 0 radical (unpaired) electrons. The van der Waals surface area contributed by atoms with Gasteiger partial charge in [-0.25, -0.2) is 0 Å². The molecule has 4 nitrogen and oxygen atoms in total. The summed E-state index contributed by atoms with van der Waals surface area (Å²) in [6, 6.07) is 5.42. The van der Waals surface area contributed by atoms with E-state index in [0.29, 0.717) is 35.7 Å². The number of hydrogen-bond acceptors (Lipinski definition) is 2. The minimum atomic E-state index is -0.821. The minimum Gasteiger partial charge on any atom is -0.481 e. The molecule has 2 N–H and O–H groups in total. The summed E-state index contributed by atoms with van der Waals surface area (Å²) in [6.07, 6.45) is 3.08. The number of benzene rings is 1. The first-order valence-electron chi connectivity index (χ1n) is 6.87. The lowest BCUT2D eigenvalue weighted by Gasteiger charge is -2.11. The quantitative estimate of drug-likeness (QED) is 0.806. The third-order valence-electron chi connectivity index (χ3n) is 3.78. The molecular formula is C15H17Cl2NO3. The van der Waals surface area contributed by atoms with Gasteiger partial charge in [-0.3, -0.25) is 9.59 Å². The zero-order valence-corrected chi connectivity index (χ0v) is 13.0. The van der Waals surface area contributed by atoms with Crippen LogP contribution in [0.2, 0.25) is 10.0 Å². The Morgan fingerprint density at radius 2 is 1.95 bits per heavy atom. The van der Waals surface area contributed by atoms with Gasteiger partial charge in [0.1, 0.15) is 0 Å². The lowest BCUT2D eigenvalue weighted by Crippen LogP contribution is -2.34. The summed E-state index contributed by atoms with van der Waals surface area (Å²) >= 11 is 11.8. The lowest BCUT2D eigenvalue weighted by molar-refractivity contribution is -0.143. The van der Waals surface area contributed by atoms with E-state index in [4.69, 9.17) is 28.3 Å². The highest BCUT2D eigenvalue weighted by Gasteiger charge is 2.50. The van der Waals surface area contributed by atoms with E-state index in [0.717, 1.165) is 12.0 Å². The second-order valence-corrected chi connectivity index (χ2v) is 6.28. The molecule has 1 fully saturated rings. The number of carbonyl (C=O) groups excluding carboxylic acids is 1. The Labute approximate surface area is 133 Å². The van der Waals surface area contributed by atoms with E-state index < -0.39 is 11.4 Å². The fraction of sp³-hybridized carbons (Fsp3) is 0.467. The van der Waals surface area contributed by atoms with Gasteiger partial charge in [-0.05, 0) is 43.4 Å². The first kappa shape index (κ1) is 16.1. The van der Waals surface area contributed by atoms with Crippen LogP contribution >= 0.6 is 23.2 Å². The summed E-state index contributed by atoms with van der Waals surface area (Å²) in [6.45, 7) is 0.230. The number of aliphatic carboxylic acids is 1. The Kier molecular flexibility index (Phi) is 5.12. The minimum absolute atomic E-state index is 0.109. The van der Waals surface area contributed by atoms with Crippen LogP contribution in [-0.2, 0) is 16.0 Å². The number of rotatable bonds is 7. The average Bonchev–Trinajstić information content (AvgIpc) is 3.22. The van der Waals surface area contributed by atoms with E-state index in [1.165, 1.54) is 0 Å².